The van der Waals surface area contributed by atoms with Gasteiger partial charge in [-0.3, -0.25) is 19.3 Å². The number of piperidine rings is 2. The molecular formula is C19H22BrN3O3. The number of rotatable bonds is 2. The lowest BCUT2D eigenvalue weighted by molar-refractivity contribution is -0.135. The van der Waals surface area contributed by atoms with Crippen molar-refractivity contribution in [1.29, 1.82) is 0 Å². The maximum atomic E-state index is 12.8. The number of fused-ring (bicyclic) bond motifs is 1. The van der Waals surface area contributed by atoms with Crippen molar-refractivity contribution in [3.63, 3.8) is 0 Å². The van der Waals surface area contributed by atoms with Gasteiger partial charge in [0.25, 0.3) is 11.8 Å². The quantitative estimate of drug-likeness (QED) is 0.744. The van der Waals surface area contributed by atoms with Gasteiger partial charge in [0, 0.05) is 29.5 Å². The standard InChI is InChI=1S/C19H22BrN3O3/c20-13-3-4-14-15(9-13)18(26)23(17(14)25)10-16(24)22-8-2-6-19(12-22)5-1-7-21-11-19/h3-4,9,21H,1-2,5-8,10-12H2. The Kier molecular flexibility index (Phi) is 4.61. The van der Waals surface area contributed by atoms with Gasteiger partial charge in [-0.05, 0) is 50.4 Å². The van der Waals surface area contributed by atoms with E-state index in [1.807, 2.05) is 4.90 Å². The van der Waals surface area contributed by atoms with Gasteiger partial charge in [-0.2, -0.15) is 0 Å². The number of hydrogen-bond acceptors (Lipinski definition) is 4. The molecule has 3 aliphatic heterocycles. The fourth-order valence-electron chi connectivity index (χ4n) is 4.44. The average molecular weight is 420 g/mol. The summed E-state index contributed by atoms with van der Waals surface area (Å²) >= 11 is 3.32. The van der Waals surface area contributed by atoms with Crippen LogP contribution in [-0.2, 0) is 4.79 Å². The summed E-state index contributed by atoms with van der Waals surface area (Å²) in [5.74, 6) is -0.897. The first-order valence-corrected chi connectivity index (χ1v) is 9.93. The number of amides is 3. The second-order valence-electron chi connectivity index (χ2n) is 7.59. The number of benzene rings is 1. The molecule has 138 valence electrons. The molecule has 3 heterocycles. The van der Waals surface area contributed by atoms with E-state index in [0.29, 0.717) is 24.2 Å². The van der Waals surface area contributed by atoms with E-state index >= 15 is 0 Å². The lowest BCUT2D eigenvalue weighted by Gasteiger charge is -2.45. The van der Waals surface area contributed by atoms with E-state index in [-0.39, 0.29) is 29.7 Å². The fraction of sp³-hybridized carbons (Fsp3) is 0.526. The van der Waals surface area contributed by atoms with E-state index in [0.717, 1.165) is 48.1 Å². The molecule has 0 radical (unpaired) electrons. The summed E-state index contributed by atoms with van der Waals surface area (Å²) in [6.07, 6.45) is 4.37. The third kappa shape index (κ3) is 3.07. The van der Waals surface area contributed by atoms with Crippen LogP contribution in [0.2, 0.25) is 0 Å². The Morgan fingerprint density at radius 2 is 1.92 bits per heavy atom. The van der Waals surface area contributed by atoms with Crippen LogP contribution in [0.3, 0.4) is 0 Å². The normalized spacial score (nSPS) is 25.7. The Balaban J connectivity index is 1.47. The van der Waals surface area contributed by atoms with Crippen molar-refractivity contribution < 1.29 is 14.4 Å². The molecule has 1 unspecified atom stereocenters. The van der Waals surface area contributed by atoms with Gasteiger partial charge in [-0.25, -0.2) is 0 Å². The Morgan fingerprint density at radius 1 is 1.15 bits per heavy atom. The van der Waals surface area contributed by atoms with Crippen molar-refractivity contribution in [3.05, 3.63) is 33.8 Å². The molecule has 3 aliphatic rings. The zero-order chi connectivity index (χ0) is 18.3. The maximum absolute atomic E-state index is 12.8. The fourth-order valence-corrected chi connectivity index (χ4v) is 4.80. The van der Waals surface area contributed by atoms with Crippen LogP contribution in [0.15, 0.2) is 22.7 Å². The molecule has 26 heavy (non-hydrogen) atoms. The minimum atomic E-state index is -0.384. The lowest BCUT2D eigenvalue weighted by atomic mass is 9.74. The second kappa shape index (κ2) is 6.78. The van der Waals surface area contributed by atoms with Crippen LogP contribution in [0.4, 0.5) is 0 Å². The van der Waals surface area contributed by atoms with E-state index in [4.69, 9.17) is 0 Å². The van der Waals surface area contributed by atoms with Crippen LogP contribution >= 0.6 is 15.9 Å². The van der Waals surface area contributed by atoms with Crippen LogP contribution in [0.1, 0.15) is 46.4 Å². The molecule has 2 saturated heterocycles. The highest BCUT2D eigenvalue weighted by Gasteiger charge is 2.41. The number of hydrogen-bond donors (Lipinski definition) is 1. The number of halogens is 1. The summed E-state index contributed by atoms with van der Waals surface area (Å²) < 4.78 is 0.744. The van der Waals surface area contributed by atoms with Gasteiger partial charge >= 0.3 is 0 Å². The van der Waals surface area contributed by atoms with Gasteiger partial charge in [0.15, 0.2) is 0 Å². The Labute approximate surface area is 161 Å². The van der Waals surface area contributed by atoms with Crippen molar-refractivity contribution in [2.24, 2.45) is 5.41 Å². The molecule has 2 fully saturated rings. The minimum absolute atomic E-state index is 0.136. The van der Waals surface area contributed by atoms with Gasteiger partial charge in [-0.15, -0.1) is 0 Å². The van der Waals surface area contributed by atoms with E-state index in [1.165, 1.54) is 0 Å². The largest absolute Gasteiger partial charge is 0.341 e. The summed E-state index contributed by atoms with van der Waals surface area (Å²) in [7, 11) is 0. The van der Waals surface area contributed by atoms with E-state index in [1.54, 1.807) is 18.2 Å². The predicted octanol–water partition coefficient (Wildman–Crippen LogP) is 2.04. The first-order valence-electron chi connectivity index (χ1n) is 9.13. The van der Waals surface area contributed by atoms with E-state index in [9.17, 15) is 14.4 Å². The van der Waals surface area contributed by atoms with Crippen LogP contribution < -0.4 is 5.32 Å². The lowest BCUT2D eigenvalue weighted by Crippen LogP contribution is -2.54. The smallest absolute Gasteiger partial charge is 0.262 e. The summed E-state index contributed by atoms with van der Waals surface area (Å²) in [5, 5.41) is 3.45. The first kappa shape index (κ1) is 17.7. The molecule has 3 amide bonds. The van der Waals surface area contributed by atoms with Gasteiger partial charge in [0.1, 0.15) is 6.54 Å². The number of likely N-dealkylation sites (tertiary alicyclic amines) is 1. The van der Waals surface area contributed by atoms with Gasteiger partial charge in [0.2, 0.25) is 5.91 Å². The van der Waals surface area contributed by atoms with Crippen LogP contribution in [0, 0.1) is 5.41 Å². The minimum Gasteiger partial charge on any atom is -0.341 e. The number of nitrogens with zero attached hydrogens (tertiary/aromatic N) is 2. The van der Waals surface area contributed by atoms with Crippen LogP contribution in [0.25, 0.3) is 0 Å². The van der Waals surface area contributed by atoms with Gasteiger partial charge < -0.3 is 10.2 Å². The molecule has 1 aromatic rings. The Morgan fingerprint density at radius 3 is 2.69 bits per heavy atom. The zero-order valence-electron chi connectivity index (χ0n) is 14.6. The molecule has 1 atom stereocenters. The average Bonchev–Trinajstić information content (AvgIpc) is 2.87. The molecule has 7 heteroatoms. The topological polar surface area (TPSA) is 69.7 Å². The molecule has 0 aliphatic carbocycles. The van der Waals surface area contributed by atoms with Crippen molar-refractivity contribution in [2.45, 2.75) is 25.7 Å². The third-order valence-corrected chi connectivity index (χ3v) is 6.29. The van der Waals surface area contributed by atoms with Gasteiger partial charge in [0.05, 0.1) is 11.1 Å². The summed E-state index contributed by atoms with van der Waals surface area (Å²) in [6.45, 7) is 3.23. The Hall–Kier alpha value is -1.73. The SMILES string of the molecule is O=C(CN1C(=O)c2ccc(Br)cc2C1=O)N1CCCC2(CCCNC2)C1. The second-order valence-corrected chi connectivity index (χ2v) is 8.50. The predicted molar refractivity (Wildman–Crippen MR) is 99.9 cm³/mol. The first-order chi connectivity index (χ1) is 12.5. The Bertz CT molecular complexity index is 768. The van der Waals surface area contributed by atoms with Crippen molar-refractivity contribution in [3.8, 4) is 0 Å². The van der Waals surface area contributed by atoms with E-state index in [2.05, 4.69) is 21.2 Å². The van der Waals surface area contributed by atoms with Crippen LogP contribution in [0.5, 0.6) is 0 Å². The highest BCUT2D eigenvalue weighted by atomic mass is 79.9. The highest BCUT2D eigenvalue weighted by molar-refractivity contribution is 9.10. The molecule has 0 aromatic heterocycles. The zero-order valence-corrected chi connectivity index (χ0v) is 16.2. The molecule has 1 aromatic carbocycles. The van der Waals surface area contributed by atoms with Crippen LogP contribution in [-0.4, -0.2) is 60.2 Å². The number of imide groups is 1. The summed E-state index contributed by atoms with van der Waals surface area (Å²) in [5.41, 5.74) is 0.889. The van der Waals surface area contributed by atoms with Gasteiger partial charge in [-0.1, -0.05) is 15.9 Å². The highest BCUT2D eigenvalue weighted by Crippen LogP contribution is 2.36. The molecular weight excluding hydrogens is 398 g/mol. The molecule has 0 saturated carbocycles. The molecule has 1 spiro atoms. The number of nitrogens with one attached hydrogen (secondary N) is 1. The maximum Gasteiger partial charge on any atom is 0.262 e. The van der Waals surface area contributed by atoms with Crippen molar-refractivity contribution in [1.82, 2.24) is 15.1 Å². The number of carbonyl (C=O) groups is 3. The summed E-state index contributed by atoms with van der Waals surface area (Å²) in [4.78, 5) is 40.9. The summed E-state index contributed by atoms with van der Waals surface area (Å²) in [6, 6.07) is 5.01. The monoisotopic (exact) mass is 419 g/mol. The third-order valence-electron chi connectivity index (χ3n) is 5.80. The van der Waals surface area contributed by atoms with Crippen molar-refractivity contribution >= 4 is 33.7 Å². The molecule has 4 rings (SSSR count). The molecule has 6 nitrogen and oxygen atoms in total. The molecule has 1 N–H and O–H groups in total. The van der Waals surface area contributed by atoms with E-state index < -0.39 is 0 Å². The van der Waals surface area contributed by atoms with Crippen molar-refractivity contribution in [2.75, 3.05) is 32.7 Å². The number of carbonyl (C=O) groups excluding carboxylic acids is 3. The molecule has 0 bridgehead atoms.